The van der Waals surface area contributed by atoms with E-state index in [4.69, 9.17) is 4.74 Å². The number of nitrogens with zero attached hydrogens (tertiary/aromatic N) is 2. The highest BCUT2D eigenvalue weighted by molar-refractivity contribution is 5.87. The molecule has 0 N–H and O–H groups in total. The Morgan fingerprint density at radius 1 is 1.19 bits per heavy atom. The Morgan fingerprint density at radius 3 is 2.57 bits per heavy atom. The Balaban J connectivity index is 2.19. The number of aromatic nitrogens is 2. The number of fused-ring (bicyclic) bond motifs is 1. The van der Waals surface area contributed by atoms with E-state index in [1.165, 1.54) is 7.11 Å². The zero-order valence-electron chi connectivity index (χ0n) is 12.0. The summed E-state index contributed by atoms with van der Waals surface area (Å²) >= 11 is 0. The number of esters is 1. The van der Waals surface area contributed by atoms with Gasteiger partial charge in [-0.1, -0.05) is 18.2 Å². The number of benzene rings is 1. The number of aryl methyl sites for hydroxylation is 1. The predicted octanol–water partition coefficient (Wildman–Crippen LogP) is 2.88. The van der Waals surface area contributed by atoms with Gasteiger partial charge in [0.2, 0.25) is 0 Å². The minimum atomic E-state index is -0.449. The molecule has 0 aliphatic carbocycles. The molecule has 3 aromatic rings. The van der Waals surface area contributed by atoms with Gasteiger partial charge < -0.3 is 9.30 Å². The molecule has 106 valence electrons. The molecule has 2 aromatic heterocycles. The summed E-state index contributed by atoms with van der Waals surface area (Å²) in [5.41, 5.74) is 2.88. The van der Waals surface area contributed by atoms with E-state index in [2.05, 4.69) is 4.98 Å². The van der Waals surface area contributed by atoms with E-state index >= 15 is 0 Å². The monoisotopic (exact) mass is 280 g/mol. The number of rotatable bonds is 3. The standard InChI is InChI=1S/C17H16N2O2/c1-19-14-6-4-3-5-13(14)11-15(19)16(17(20)21-2)12-7-9-18-10-8-12/h3-11,16H,1-2H3. The highest BCUT2D eigenvalue weighted by atomic mass is 16.5. The summed E-state index contributed by atoms with van der Waals surface area (Å²) in [6.07, 6.45) is 3.38. The van der Waals surface area contributed by atoms with Crippen molar-refractivity contribution in [3.63, 3.8) is 0 Å². The van der Waals surface area contributed by atoms with Crippen molar-refractivity contribution in [2.24, 2.45) is 7.05 Å². The molecule has 0 aliphatic heterocycles. The molecular formula is C17H16N2O2. The Kier molecular flexibility index (Phi) is 3.44. The second-order valence-electron chi connectivity index (χ2n) is 4.92. The molecule has 1 atom stereocenters. The van der Waals surface area contributed by atoms with E-state index in [0.29, 0.717) is 0 Å². The van der Waals surface area contributed by atoms with Crippen LogP contribution in [0.4, 0.5) is 0 Å². The average Bonchev–Trinajstić information content (AvgIpc) is 2.86. The quantitative estimate of drug-likeness (QED) is 0.693. The zero-order valence-corrected chi connectivity index (χ0v) is 12.0. The first-order chi connectivity index (χ1) is 10.2. The molecule has 0 spiro atoms. The molecule has 1 unspecified atom stereocenters. The molecule has 2 heterocycles. The van der Waals surface area contributed by atoms with E-state index in [1.807, 2.05) is 54.1 Å². The number of methoxy groups -OCH3 is 1. The third kappa shape index (κ3) is 2.29. The molecular weight excluding hydrogens is 264 g/mol. The summed E-state index contributed by atoms with van der Waals surface area (Å²) in [5.74, 6) is -0.720. The molecule has 0 aliphatic rings. The molecule has 0 fully saturated rings. The Bertz CT molecular complexity index is 778. The summed E-state index contributed by atoms with van der Waals surface area (Å²) in [6, 6.07) is 13.8. The van der Waals surface area contributed by atoms with Crippen LogP contribution in [0.25, 0.3) is 10.9 Å². The highest BCUT2D eigenvalue weighted by Crippen LogP contribution is 2.30. The van der Waals surface area contributed by atoms with Gasteiger partial charge in [0, 0.05) is 30.7 Å². The molecule has 0 bridgehead atoms. The van der Waals surface area contributed by atoms with Gasteiger partial charge in [0.25, 0.3) is 0 Å². The molecule has 0 saturated heterocycles. The fourth-order valence-corrected chi connectivity index (χ4v) is 2.69. The smallest absolute Gasteiger partial charge is 0.319 e. The van der Waals surface area contributed by atoms with Crippen LogP contribution >= 0.6 is 0 Å². The van der Waals surface area contributed by atoms with Gasteiger partial charge in [-0.25, -0.2) is 0 Å². The van der Waals surface area contributed by atoms with E-state index in [-0.39, 0.29) is 5.97 Å². The lowest BCUT2D eigenvalue weighted by molar-refractivity contribution is -0.141. The van der Waals surface area contributed by atoms with Gasteiger partial charge in [-0.2, -0.15) is 0 Å². The zero-order chi connectivity index (χ0) is 14.8. The second-order valence-corrected chi connectivity index (χ2v) is 4.92. The van der Waals surface area contributed by atoms with Gasteiger partial charge in [0.05, 0.1) is 7.11 Å². The maximum atomic E-state index is 12.3. The fourth-order valence-electron chi connectivity index (χ4n) is 2.69. The lowest BCUT2D eigenvalue weighted by Crippen LogP contribution is -2.18. The predicted molar refractivity (Wildman–Crippen MR) is 81.0 cm³/mol. The summed E-state index contributed by atoms with van der Waals surface area (Å²) in [6.45, 7) is 0. The van der Waals surface area contributed by atoms with Gasteiger partial charge in [-0.05, 0) is 35.2 Å². The summed E-state index contributed by atoms with van der Waals surface area (Å²) < 4.78 is 7.04. The third-order valence-corrected chi connectivity index (χ3v) is 3.76. The van der Waals surface area contributed by atoms with Crippen LogP contribution in [-0.4, -0.2) is 22.6 Å². The van der Waals surface area contributed by atoms with Crippen molar-refractivity contribution in [2.45, 2.75) is 5.92 Å². The third-order valence-electron chi connectivity index (χ3n) is 3.76. The van der Waals surface area contributed by atoms with Gasteiger partial charge >= 0.3 is 5.97 Å². The van der Waals surface area contributed by atoms with Crippen molar-refractivity contribution in [3.05, 3.63) is 66.1 Å². The van der Waals surface area contributed by atoms with Gasteiger partial charge in [-0.3, -0.25) is 9.78 Å². The molecule has 0 saturated carbocycles. The van der Waals surface area contributed by atoms with Crippen LogP contribution in [-0.2, 0) is 16.6 Å². The van der Waals surface area contributed by atoms with Crippen molar-refractivity contribution in [1.82, 2.24) is 9.55 Å². The molecule has 0 amide bonds. The largest absolute Gasteiger partial charge is 0.468 e. The Hall–Kier alpha value is -2.62. The summed E-state index contributed by atoms with van der Waals surface area (Å²) in [4.78, 5) is 16.3. The maximum absolute atomic E-state index is 12.3. The number of carbonyl (C=O) groups is 1. The molecule has 1 aromatic carbocycles. The molecule has 3 rings (SSSR count). The first kappa shape index (κ1) is 13.4. The van der Waals surface area contributed by atoms with Crippen LogP contribution in [0.3, 0.4) is 0 Å². The van der Waals surface area contributed by atoms with Crippen molar-refractivity contribution in [3.8, 4) is 0 Å². The number of hydrogen-bond acceptors (Lipinski definition) is 3. The van der Waals surface area contributed by atoms with Crippen LogP contribution in [0.15, 0.2) is 54.9 Å². The first-order valence-electron chi connectivity index (χ1n) is 6.74. The van der Waals surface area contributed by atoms with E-state index < -0.39 is 5.92 Å². The van der Waals surface area contributed by atoms with Gasteiger partial charge in [0.15, 0.2) is 0 Å². The Labute approximate surface area is 123 Å². The Morgan fingerprint density at radius 2 is 1.90 bits per heavy atom. The normalized spacial score (nSPS) is 12.3. The van der Waals surface area contributed by atoms with Crippen LogP contribution in [0.2, 0.25) is 0 Å². The number of ether oxygens (including phenoxy) is 1. The lowest BCUT2D eigenvalue weighted by atomic mass is 9.96. The SMILES string of the molecule is COC(=O)C(c1ccncc1)c1cc2ccccc2n1C. The summed E-state index contributed by atoms with van der Waals surface area (Å²) in [7, 11) is 3.38. The fraction of sp³-hybridized carbons (Fsp3) is 0.176. The number of hydrogen-bond donors (Lipinski definition) is 0. The molecule has 21 heavy (non-hydrogen) atoms. The number of carbonyl (C=O) groups excluding carboxylic acids is 1. The van der Waals surface area contributed by atoms with E-state index in [9.17, 15) is 4.79 Å². The number of pyridine rings is 1. The minimum Gasteiger partial charge on any atom is -0.468 e. The lowest BCUT2D eigenvalue weighted by Gasteiger charge is -2.16. The van der Waals surface area contributed by atoms with Crippen LogP contribution in [0.1, 0.15) is 17.2 Å². The van der Waals surface area contributed by atoms with Crippen molar-refractivity contribution < 1.29 is 9.53 Å². The van der Waals surface area contributed by atoms with Gasteiger partial charge in [0.1, 0.15) is 5.92 Å². The minimum absolute atomic E-state index is 0.271. The molecule has 4 nitrogen and oxygen atoms in total. The molecule has 4 heteroatoms. The van der Waals surface area contributed by atoms with Crippen LogP contribution in [0.5, 0.6) is 0 Å². The van der Waals surface area contributed by atoms with Crippen molar-refractivity contribution >= 4 is 16.9 Å². The van der Waals surface area contributed by atoms with E-state index in [1.54, 1.807) is 12.4 Å². The van der Waals surface area contributed by atoms with Crippen molar-refractivity contribution in [2.75, 3.05) is 7.11 Å². The topological polar surface area (TPSA) is 44.1 Å². The summed E-state index contributed by atoms with van der Waals surface area (Å²) in [5, 5.41) is 1.11. The molecule has 0 radical (unpaired) electrons. The van der Waals surface area contributed by atoms with Crippen LogP contribution < -0.4 is 0 Å². The van der Waals surface area contributed by atoms with Gasteiger partial charge in [-0.15, -0.1) is 0 Å². The second kappa shape index (κ2) is 5.40. The number of para-hydroxylation sites is 1. The van der Waals surface area contributed by atoms with Crippen molar-refractivity contribution in [1.29, 1.82) is 0 Å². The first-order valence-corrected chi connectivity index (χ1v) is 6.74. The van der Waals surface area contributed by atoms with E-state index in [0.717, 1.165) is 22.2 Å². The average molecular weight is 280 g/mol. The highest BCUT2D eigenvalue weighted by Gasteiger charge is 2.26. The maximum Gasteiger partial charge on any atom is 0.319 e. The van der Waals surface area contributed by atoms with Crippen LogP contribution in [0, 0.1) is 0 Å².